The van der Waals surface area contributed by atoms with E-state index in [1.807, 2.05) is 7.05 Å². The van der Waals surface area contributed by atoms with Gasteiger partial charge in [-0.25, -0.2) is 0 Å². The molecular weight excluding hydrogens is 182 g/mol. The smallest absolute Gasteiger partial charge is 0.0727 e. The molecular formula is C14H11N. The van der Waals surface area contributed by atoms with Crippen LogP contribution >= 0.6 is 0 Å². The quantitative estimate of drug-likeness (QED) is 0.520. The Hall–Kier alpha value is -1.89. The Kier molecular flexibility index (Phi) is 1.72. The molecule has 0 fully saturated rings. The summed E-state index contributed by atoms with van der Waals surface area (Å²) in [6.45, 7) is 0. The van der Waals surface area contributed by atoms with Crippen LogP contribution in [0, 0.1) is 0 Å². The van der Waals surface area contributed by atoms with Crippen molar-refractivity contribution >= 4 is 5.71 Å². The normalized spacial score (nSPS) is 12.2. The molecule has 1 heteroatoms. The lowest BCUT2D eigenvalue weighted by atomic mass is 10.1. The van der Waals surface area contributed by atoms with Gasteiger partial charge in [-0.2, -0.15) is 0 Å². The van der Waals surface area contributed by atoms with E-state index in [1.165, 1.54) is 22.3 Å². The van der Waals surface area contributed by atoms with Crippen LogP contribution in [0.3, 0.4) is 0 Å². The zero-order valence-electron chi connectivity index (χ0n) is 8.57. The van der Waals surface area contributed by atoms with Crippen molar-refractivity contribution in [2.75, 3.05) is 7.05 Å². The minimum Gasteiger partial charge on any atom is -0.287 e. The van der Waals surface area contributed by atoms with Crippen LogP contribution in [0.1, 0.15) is 11.1 Å². The molecule has 0 N–H and O–H groups in total. The molecule has 2 aromatic rings. The third-order valence-electron chi connectivity index (χ3n) is 2.88. The molecule has 0 aromatic heterocycles. The van der Waals surface area contributed by atoms with Crippen LogP contribution in [0.5, 0.6) is 0 Å². The molecule has 3 rings (SSSR count). The maximum atomic E-state index is 4.39. The monoisotopic (exact) mass is 193 g/mol. The van der Waals surface area contributed by atoms with Crippen LogP contribution in [0.15, 0.2) is 53.5 Å². The van der Waals surface area contributed by atoms with Gasteiger partial charge in [-0.1, -0.05) is 48.5 Å². The Morgan fingerprint density at radius 3 is 1.47 bits per heavy atom. The van der Waals surface area contributed by atoms with Crippen LogP contribution in [0.2, 0.25) is 0 Å². The largest absolute Gasteiger partial charge is 0.287 e. The van der Waals surface area contributed by atoms with Crippen molar-refractivity contribution in [1.82, 2.24) is 0 Å². The molecule has 0 heterocycles. The van der Waals surface area contributed by atoms with E-state index in [0.717, 1.165) is 5.71 Å². The Morgan fingerprint density at radius 1 is 0.667 bits per heavy atom. The van der Waals surface area contributed by atoms with Crippen molar-refractivity contribution < 1.29 is 0 Å². The second-order valence-corrected chi connectivity index (χ2v) is 3.66. The van der Waals surface area contributed by atoms with Crippen molar-refractivity contribution in [2.45, 2.75) is 0 Å². The van der Waals surface area contributed by atoms with Gasteiger partial charge in [0.25, 0.3) is 0 Å². The Morgan fingerprint density at radius 2 is 1.07 bits per heavy atom. The molecule has 1 nitrogen and oxygen atoms in total. The number of hydrogen-bond acceptors (Lipinski definition) is 1. The molecule has 15 heavy (non-hydrogen) atoms. The second kappa shape index (κ2) is 3.06. The van der Waals surface area contributed by atoms with Gasteiger partial charge in [0.15, 0.2) is 0 Å². The molecule has 72 valence electrons. The molecule has 0 aliphatic heterocycles. The molecule has 0 unspecified atom stereocenters. The van der Waals surface area contributed by atoms with Gasteiger partial charge < -0.3 is 0 Å². The lowest BCUT2D eigenvalue weighted by Gasteiger charge is -1.97. The average molecular weight is 193 g/mol. The van der Waals surface area contributed by atoms with Crippen LogP contribution < -0.4 is 0 Å². The number of benzene rings is 2. The van der Waals surface area contributed by atoms with Gasteiger partial charge in [-0.3, -0.25) is 4.99 Å². The van der Waals surface area contributed by atoms with E-state index in [9.17, 15) is 0 Å². The first-order chi connectivity index (χ1) is 7.42. The molecule has 0 bridgehead atoms. The SMILES string of the molecule is CN=C1c2ccccc2-c2ccccc21. The first kappa shape index (κ1) is 8.42. The van der Waals surface area contributed by atoms with Crippen molar-refractivity contribution in [3.8, 4) is 11.1 Å². The predicted octanol–water partition coefficient (Wildman–Crippen LogP) is 3.13. The molecule has 0 saturated heterocycles. The van der Waals surface area contributed by atoms with Gasteiger partial charge in [-0.15, -0.1) is 0 Å². The molecule has 1 aliphatic carbocycles. The minimum absolute atomic E-state index is 1.11. The average Bonchev–Trinajstić information content (AvgIpc) is 2.63. The molecule has 2 aromatic carbocycles. The first-order valence-electron chi connectivity index (χ1n) is 5.08. The molecule has 0 radical (unpaired) electrons. The van der Waals surface area contributed by atoms with Gasteiger partial charge in [0.2, 0.25) is 0 Å². The zero-order valence-corrected chi connectivity index (χ0v) is 8.57. The van der Waals surface area contributed by atoms with Gasteiger partial charge in [0, 0.05) is 18.2 Å². The summed E-state index contributed by atoms with van der Waals surface area (Å²) in [6.07, 6.45) is 0. The molecule has 0 amide bonds. The molecule has 0 spiro atoms. The highest BCUT2D eigenvalue weighted by Crippen LogP contribution is 2.36. The zero-order chi connectivity index (χ0) is 10.3. The van der Waals surface area contributed by atoms with E-state index < -0.39 is 0 Å². The summed E-state index contributed by atoms with van der Waals surface area (Å²) >= 11 is 0. The molecule has 0 atom stereocenters. The van der Waals surface area contributed by atoms with Crippen molar-refractivity contribution in [1.29, 1.82) is 0 Å². The van der Waals surface area contributed by atoms with Gasteiger partial charge >= 0.3 is 0 Å². The van der Waals surface area contributed by atoms with Crippen LogP contribution in [0.4, 0.5) is 0 Å². The standard InChI is InChI=1S/C14H11N/c1-15-14-12-8-4-2-6-10(12)11-7-3-5-9-13(11)14/h2-9H,1H3. The topological polar surface area (TPSA) is 12.4 Å². The third kappa shape index (κ3) is 1.06. The first-order valence-corrected chi connectivity index (χ1v) is 5.08. The van der Waals surface area contributed by atoms with Crippen molar-refractivity contribution in [3.05, 3.63) is 59.7 Å². The summed E-state index contributed by atoms with van der Waals surface area (Å²) < 4.78 is 0. The highest BCUT2D eigenvalue weighted by atomic mass is 14.7. The van der Waals surface area contributed by atoms with E-state index in [4.69, 9.17) is 0 Å². The Bertz CT molecular complexity index is 505. The fraction of sp³-hybridized carbons (Fsp3) is 0.0714. The van der Waals surface area contributed by atoms with Crippen LogP contribution in [0.25, 0.3) is 11.1 Å². The molecule has 1 aliphatic rings. The van der Waals surface area contributed by atoms with Gasteiger partial charge in [0.1, 0.15) is 0 Å². The number of aliphatic imine (C=N–C) groups is 1. The summed E-state index contributed by atoms with van der Waals surface area (Å²) in [5.74, 6) is 0. The summed E-state index contributed by atoms with van der Waals surface area (Å²) in [5, 5.41) is 0. The predicted molar refractivity (Wildman–Crippen MR) is 63.4 cm³/mol. The van der Waals surface area contributed by atoms with Crippen molar-refractivity contribution in [2.24, 2.45) is 4.99 Å². The van der Waals surface area contributed by atoms with E-state index in [1.54, 1.807) is 0 Å². The fourth-order valence-corrected chi connectivity index (χ4v) is 2.23. The summed E-state index contributed by atoms with van der Waals surface area (Å²) in [4.78, 5) is 4.39. The van der Waals surface area contributed by atoms with E-state index >= 15 is 0 Å². The minimum atomic E-state index is 1.11. The van der Waals surface area contributed by atoms with Crippen molar-refractivity contribution in [3.63, 3.8) is 0 Å². The lowest BCUT2D eigenvalue weighted by Crippen LogP contribution is -1.96. The van der Waals surface area contributed by atoms with Gasteiger partial charge in [0.05, 0.1) is 5.71 Å². The third-order valence-corrected chi connectivity index (χ3v) is 2.88. The Balaban J connectivity index is 2.41. The van der Waals surface area contributed by atoms with Crippen LogP contribution in [-0.4, -0.2) is 12.8 Å². The van der Waals surface area contributed by atoms with Gasteiger partial charge in [-0.05, 0) is 11.1 Å². The van der Waals surface area contributed by atoms with E-state index in [2.05, 4.69) is 53.5 Å². The highest BCUT2D eigenvalue weighted by Gasteiger charge is 2.22. The van der Waals surface area contributed by atoms with E-state index in [-0.39, 0.29) is 0 Å². The lowest BCUT2D eigenvalue weighted by molar-refractivity contribution is 1.43. The maximum Gasteiger partial charge on any atom is 0.0727 e. The molecule has 0 saturated carbocycles. The Labute approximate surface area is 89.1 Å². The summed E-state index contributed by atoms with van der Waals surface area (Å²) in [7, 11) is 1.86. The second-order valence-electron chi connectivity index (χ2n) is 3.66. The number of fused-ring (bicyclic) bond motifs is 3. The highest BCUT2D eigenvalue weighted by molar-refractivity contribution is 6.24. The number of nitrogens with zero attached hydrogens (tertiary/aromatic N) is 1. The van der Waals surface area contributed by atoms with E-state index in [0.29, 0.717) is 0 Å². The number of hydrogen-bond donors (Lipinski definition) is 0. The summed E-state index contributed by atoms with van der Waals surface area (Å²) in [6, 6.07) is 16.9. The van der Waals surface area contributed by atoms with Crippen LogP contribution in [-0.2, 0) is 0 Å². The summed E-state index contributed by atoms with van der Waals surface area (Å²) in [5.41, 5.74) is 6.21. The fourth-order valence-electron chi connectivity index (χ4n) is 2.23. The maximum absolute atomic E-state index is 4.39. The number of rotatable bonds is 0.